The first-order valence-corrected chi connectivity index (χ1v) is 7.17. The van der Waals surface area contributed by atoms with Crippen molar-refractivity contribution < 1.29 is 4.79 Å². The summed E-state index contributed by atoms with van der Waals surface area (Å²) >= 11 is 0. The predicted molar refractivity (Wildman–Crippen MR) is 77.8 cm³/mol. The Labute approximate surface area is 114 Å². The number of amides is 1. The van der Waals surface area contributed by atoms with Gasteiger partial charge < -0.3 is 11.1 Å². The number of nitrogens with one attached hydrogen (secondary N) is 1. The van der Waals surface area contributed by atoms with Crippen molar-refractivity contribution in [2.45, 2.75) is 51.9 Å². The monoisotopic (exact) mass is 261 g/mol. The Bertz CT molecular complexity index is 439. The van der Waals surface area contributed by atoms with E-state index in [0.29, 0.717) is 17.9 Å². The highest BCUT2D eigenvalue weighted by Gasteiger charge is 2.15. The van der Waals surface area contributed by atoms with Crippen LogP contribution in [0.3, 0.4) is 0 Å². The van der Waals surface area contributed by atoms with E-state index in [1.54, 1.807) is 6.20 Å². The molecule has 1 aromatic rings. The maximum absolute atomic E-state index is 11.9. The van der Waals surface area contributed by atoms with Gasteiger partial charge in [-0.3, -0.25) is 4.79 Å². The molecule has 4 nitrogen and oxygen atoms in total. The molecule has 0 radical (unpaired) electrons. The van der Waals surface area contributed by atoms with Crippen LogP contribution in [-0.4, -0.2) is 10.9 Å². The van der Waals surface area contributed by atoms with E-state index in [4.69, 9.17) is 5.73 Å². The summed E-state index contributed by atoms with van der Waals surface area (Å²) in [6.45, 7) is 1.91. The Hall–Kier alpha value is -1.58. The van der Waals surface area contributed by atoms with E-state index >= 15 is 0 Å². The summed E-state index contributed by atoms with van der Waals surface area (Å²) in [5, 5.41) is 2.84. The minimum atomic E-state index is 0.0576. The molecule has 1 aromatic heterocycles. The number of nitrogen functional groups attached to an aromatic ring is 1. The van der Waals surface area contributed by atoms with Crippen LogP contribution in [0.15, 0.2) is 12.3 Å². The minimum Gasteiger partial charge on any atom is -0.397 e. The summed E-state index contributed by atoms with van der Waals surface area (Å²) < 4.78 is 0. The van der Waals surface area contributed by atoms with Crippen LogP contribution < -0.4 is 11.1 Å². The Morgan fingerprint density at radius 3 is 2.84 bits per heavy atom. The third-order valence-corrected chi connectivity index (χ3v) is 3.92. The number of nitrogens with zero attached hydrogens (tertiary/aromatic N) is 1. The second kappa shape index (κ2) is 6.55. The van der Waals surface area contributed by atoms with Crippen LogP contribution in [-0.2, 0) is 4.79 Å². The maximum atomic E-state index is 11.9. The number of aromatic nitrogens is 1. The molecule has 0 saturated heterocycles. The van der Waals surface area contributed by atoms with Crippen LogP contribution in [0.4, 0.5) is 11.5 Å². The van der Waals surface area contributed by atoms with Gasteiger partial charge in [-0.05, 0) is 30.9 Å². The van der Waals surface area contributed by atoms with Gasteiger partial charge in [-0.1, -0.05) is 32.1 Å². The number of nitrogens with two attached hydrogens (primary N) is 1. The van der Waals surface area contributed by atoms with E-state index in [1.165, 1.54) is 32.1 Å². The fourth-order valence-corrected chi connectivity index (χ4v) is 2.65. The second-order valence-corrected chi connectivity index (χ2v) is 5.52. The topological polar surface area (TPSA) is 68.0 Å². The molecule has 0 unspecified atom stereocenters. The average Bonchev–Trinajstić information content (AvgIpc) is 2.42. The standard InChI is InChI=1S/C15H23N3O/c1-11-9-14(17-10-13(11)16)18-15(19)8-7-12-5-3-2-4-6-12/h9-10,12H,2-8,16H2,1H3,(H,17,18,19). The zero-order valence-electron chi connectivity index (χ0n) is 11.6. The lowest BCUT2D eigenvalue weighted by atomic mass is 9.86. The lowest BCUT2D eigenvalue weighted by Crippen LogP contribution is -2.15. The SMILES string of the molecule is Cc1cc(NC(=O)CCC2CCCCC2)ncc1N. The first-order chi connectivity index (χ1) is 9.15. The number of carbonyl (C=O) groups is 1. The second-order valence-electron chi connectivity index (χ2n) is 5.52. The van der Waals surface area contributed by atoms with Crippen LogP contribution in [0.5, 0.6) is 0 Å². The van der Waals surface area contributed by atoms with E-state index in [9.17, 15) is 4.79 Å². The number of carbonyl (C=O) groups excluding carboxylic acids is 1. The quantitative estimate of drug-likeness (QED) is 0.874. The summed E-state index contributed by atoms with van der Waals surface area (Å²) in [4.78, 5) is 16.0. The Kier molecular flexibility index (Phi) is 4.77. The molecule has 0 bridgehead atoms. The van der Waals surface area contributed by atoms with E-state index in [1.807, 2.05) is 13.0 Å². The summed E-state index contributed by atoms with van der Waals surface area (Å²) in [7, 11) is 0. The van der Waals surface area contributed by atoms with Gasteiger partial charge in [0.1, 0.15) is 5.82 Å². The van der Waals surface area contributed by atoms with Gasteiger partial charge in [-0.25, -0.2) is 4.98 Å². The van der Waals surface area contributed by atoms with Gasteiger partial charge in [-0.15, -0.1) is 0 Å². The lowest BCUT2D eigenvalue weighted by molar-refractivity contribution is -0.116. The van der Waals surface area contributed by atoms with E-state index in [-0.39, 0.29) is 5.91 Å². The molecule has 1 fully saturated rings. The van der Waals surface area contributed by atoms with Gasteiger partial charge in [-0.2, -0.15) is 0 Å². The molecule has 104 valence electrons. The van der Waals surface area contributed by atoms with Crippen molar-refractivity contribution in [1.82, 2.24) is 4.98 Å². The molecule has 1 amide bonds. The Morgan fingerprint density at radius 1 is 1.42 bits per heavy atom. The molecule has 0 atom stereocenters. The number of anilines is 2. The van der Waals surface area contributed by atoms with Crippen molar-refractivity contribution in [3.05, 3.63) is 17.8 Å². The summed E-state index contributed by atoms with van der Waals surface area (Å²) in [5.41, 5.74) is 7.30. The molecular formula is C15H23N3O. The first-order valence-electron chi connectivity index (χ1n) is 7.17. The third-order valence-electron chi connectivity index (χ3n) is 3.92. The van der Waals surface area contributed by atoms with Crippen LogP contribution in [0.25, 0.3) is 0 Å². The van der Waals surface area contributed by atoms with Crippen LogP contribution >= 0.6 is 0 Å². The molecule has 1 aliphatic carbocycles. The Morgan fingerprint density at radius 2 is 2.16 bits per heavy atom. The summed E-state index contributed by atoms with van der Waals surface area (Å²) in [6.07, 6.45) is 9.76. The highest BCUT2D eigenvalue weighted by Crippen LogP contribution is 2.27. The molecule has 3 N–H and O–H groups in total. The molecule has 0 aromatic carbocycles. The van der Waals surface area contributed by atoms with E-state index in [2.05, 4.69) is 10.3 Å². The lowest BCUT2D eigenvalue weighted by Gasteiger charge is -2.20. The van der Waals surface area contributed by atoms with Gasteiger partial charge in [0.2, 0.25) is 5.91 Å². The van der Waals surface area contributed by atoms with Gasteiger partial charge in [0.05, 0.1) is 11.9 Å². The zero-order chi connectivity index (χ0) is 13.7. The normalized spacial score (nSPS) is 16.3. The van der Waals surface area contributed by atoms with Crippen molar-refractivity contribution >= 4 is 17.4 Å². The van der Waals surface area contributed by atoms with E-state index in [0.717, 1.165) is 17.9 Å². The van der Waals surface area contributed by atoms with Crippen molar-refractivity contribution in [3.8, 4) is 0 Å². The zero-order valence-corrected chi connectivity index (χ0v) is 11.6. The summed E-state index contributed by atoms with van der Waals surface area (Å²) in [5.74, 6) is 1.39. The molecule has 19 heavy (non-hydrogen) atoms. The van der Waals surface area contributed by atoms with Gasteiger partial charge in [0.25, 0.3) is 0 Å². The highest BCUT2D eigenvalue weighted by atomic mass is 16.1. The molecule has 1 aliphatic rings. The molecular weight excluding hydrogens is 238 g/mol. The molecule has 1 saturated carbocycles. The van der Waals surface area contributed by atoms with Crippen LogP contribution in [0.2, 0.25) is 0 Å². The van der Waals surface area contributed by atoms with Gasteiger partial charge in [0.15, 0.2) is 0 Å². The number of aryl methyl sites for hydroxylation is 1. The fraction of sp³-hybridized carbons (Fsp3) is 0.600. The van der Waals surface area contributed by atoms with Crippen molar-refractivity contribution in [1.29, 1.82) is 0 Å². The predicted octanol–water partition coefficient (Wildman–Crippen LogP) is 3.27. The fourth-order valence-electron chi connectivity index (χ4n) is 2.65. The number of hydrogen-bond acceptors (Lipinski definition) is 3. The largest absolute Gasteiger partial charge is 0.397 e. The third kappa shape index (κ3) is 4.23. The van der Waals surface area contributed by atoms with Crippen LogP contribution in [0.1, 0.15) is 50.5 Å². The molecule has 0 spiro atoms. The van der Waals surface area contributed by atoms with Crippen LogP contribution in [0, 0.1) is 12.8 Å². The number of rotatable bonds is 4. The summed E-state index contributed by atoms with van der Waals surface area (Å²) in [6, 6.07) is 1.81. The van der Waals surface area contributed by atoms with Crippen molar-refractivity contribution in [3.63, 3.8) is 0 Å². The van der Waals surface area contributed by atoms with Gasteiger partial charge >= 0.3 is 0 Å². The molecule has 1 heterocycles. The number of hydrogen-bond donors (Lipinski definition) is 2. The van der Waals surface area contributed by atoms with Gasteiger partial charge in [0, 0.05) is 6.42 Å². The van der Waals surface area contributed by atoms with E-state index < -0.39 is 0 Å². The maximum Gasteiger partial charge on any atom is 0.225 e. The Balaban J connectivity index is 1.78. The highest BCUT2D eigenvalue weighted by molar-refractivity contribution is 5.89. The average molecular weight is 261 g/mol. The smallest absolute Gasteiger partial charge is 0.225 e. The van der Waals surface area contributed by atoms with Crippen molar-refractivity contribution in [2.24, 2.45) is 5.92 Å². The minimum absolute atomic E-state index is 0.0576. The molecule has 2 rings (SSSR count). The molecule has 4 heteroatoms. The molecule has 0 aliphatic heterocycles. The number of pyridine rings is 1. The van der Waals surface area contributed by atoms with Crippen molar-refractivity contribution in [2.75, 3.05) is 11.1 Å². The first kappa shape index (κ1) is 13.8.